The SMILES string of the molecule is CC(C)N(C)CCCCNC(=O)C(=O)Nc1ccc(-c2nccs2)cc1. The molecular weight excluding hydrogens is 348 g/mol. The molecule has 0 saturated carbocycles. The van der Waals surface area contributed by atoms with Crippen LogP contribution in [0.4, 0.5) is 5.69 Å². The van der Waals surface area contributed by atoms with Gasteiger partial charge < -0.3 is 15.5 Å². The molecule has 2 aromatic rings. The molecule has 0 fully saturated rings. The highest BCUT2D eigenvalue weighted by Crippen LogP contribution is 2.23. The Kier molecular flexibility index (Phi) is 7.74. The van der Waals surface area contributed by atoms with Crippen molar-refractivity contribution in [1.82, 2.24) is 15.2 Å². The summed E-state index contributed by atoms with van der Waals surface area (Å²) in [7, 11) is 2.08. The monoisotopic (exact) mass is 374 g/mol. The third-order valence-electron chi connectivity index (χ3n) is 4.13. The number of nitrogens with one attached hydrogen (secondary N) is 2. The third-order valence-corrected chi connectivity index (χ3v) is 4.96. The van der Waals surface area contributed by atoms with Gasteiger partial charge in [0.05, 0.1) is 0 Å². The summed E-state index contributed by atoms with van der Waals surface area (Å²) in [5.41, 5.74) is 1.57. The fourth-order valence-corrected chi connectivity index (χ4v) is 2.92. The maximum atomic E-state index is 11.9. The number of aromatic nitrogens is 1. The number of hydrogen-bond acceptors (Lipinski definition) is 5. The lowest BCUT2D eigenvalue weighted by Gasteiger charge is -2.20. The lowest BCUT2D eigenvalue weighted by Crippen LogP contribution is -2.36. The summed E-state index contributed by atoms with van der Waals surface area (Å²) >= 11 is 1.55. The van der Waals surface area contributed by atoms with Gasteiger partial charge in [0.25, 0.3) is 0 Å². The molecule has 0 saturated heterocycles. The van der Waals surface area contributed by atoms with Crippen molar-refractivity contribution in [2.45, 2.75) is 32.7 Å². The zero-order chi connectivity index (χ0) is 18.9. The third kappa shape index (κ3) is 6.24. The van der Waals surface area contributed by atoms with Gasteiger partial charge in [-0.25, -0.2) is 4.98 Å². The molecule has 7 heteroatoms. The normalized spacial score (nSPS) is 11.0. The number of rotatable bonds is 8. The molecule has 2 amide bonds. The number of nitrogens with zero attached hydrogens (tertiary/aromatic N) is 2. The maximum absolute atomic E-state index is 11.9. The average molecular weight is 375 g/mol. The van der Waals surface area contributed by atoms with Gasteiger partial charge in [0.2, 0.25) is 0 Å². The molecule has 0 aliphatic rings. The maximum Gasteiger partial charge on any atom is 0.313 e. The number of benzene rings is 1. The van der Waals surface area contributed by atoms with Crippen molar-refractivity contribution in [1.29, 1.82) is 0 Å². The second-order valence-electron chi connectivity index (χ2n) is 6.41. The summed E-state index contributed by atoms with van der Waals surface area (Å²) in [6.07, 6.45) is 3.58. The average Bonchev–Trinajstić information content (AvgIpc) is 3.16. The number of carbonyl (C=O) groups excluding carboxylic acids is 2. The zero-order valence-electron chi connectivity index (χ0n) is 15.5. The molecule has 1 aromatic heterocycles. The Bertz CT molecular complexity index is 699. The standard InChI is InChI=1S/C19H26N4O2S/c1-14(2)23(3)12-5-4-10-20-17(24)18(25)22-16-8-6-15(7-9-16)19-21-11-13-26-19/h6-9,11,13-14H,4-5,10,12H2,1-3H3,(H,20,24)(H,22,25). The van der Waals surface area contributed by atoms with E-state index in [1.165, 1.54) is 0 Å². The van der Waals surface area contributed by atoms with Gasteiger partial charge >= 0.3 is 11.8 Å². The van der Waals surface area contributed by atoms with Crippen LogP contribution in [0.2, 0.25) is 0 Å². The molecule has 1 aromatic carbocycles. The van der Waals surface area contributed by atoms with Crippen LogP contribution in [0, 0.1) is 0 Å². The molecule has 26 heavy (non-hydrogen) atoms. The molecule has 6 nitrogen and oxygen atoms in total. The van der Waals surface area contributed by atoms with Crippen LogP contribution in [0.25, 0.3) is 10.6 Å². The first-order valence-corrected chi connectivity index (χ1v) is 9.64. The van der Waals surface area contributed by atoms with E-state index in [2.05, 4.69) is 41.4 Å². The first-order valence-electron chi connectivity index (χ1n) is 8.76. The van der Waals surface area contributed by atoms with Gasteiger partial charge in [-0.2, -0.15) is 0 Å². The summed E-state index contributed by atoms with van der Waals surface area (Å²) in [4.78, 5) is 30.3. The highest BCUT2D eigenvalue weighted by molar-refractivity contribution is 7.13. The van der Waals surface area contributed by atoms with Crippen molar-refractivity contribution in [2.24, 2.45) is 0 Å². The van der Waals surface area contributed by atoms with Gasteiger partial charge in [-0.15, -0.1) is 11.3 Å². The Hall–Kier alpha value is -2.25. The Morgan fingerprint density at radius 2 is 1.88 bits per heavy atom. The topological polar surface area (TPSA) is 74.3 Å². The Morgan fingerprint density at radius 1 is 1.15 bits per heavy atom. The van der Waals surface area contributed by atoms with E-state index in [1.54, 1.807) is 29.7 Å². The van der Waals surface area contributed by atoms with Crippen molar-refractivity contribution in [2.75, 3.05) is 25.5 Å². The molecular formula is C19H26N4O2S. The van der Waals surface area contributed by atoms with E-state index in [4.69, 9.17) is 0 Å². The molecule has 0 atom stereocenters. The molecule has 0 spiro atoms. The van der Waals surface area contributed by atoms with E-state index in [-0.39, 0.29) is 0 Å². The first kappa shape index (κ1) is 20.1. The van der Waals surface area contributed by atoms with Crippen LogP contribution in [0.1, 0.15) is 26.7 Å². The predicted octanol–water partition coefficient (Wildman–Crippen LogP) is 2.99. The van der Waals surface area contributed by atoms with E-state index in [1.807, 2.05) is 17.5 Å². The molecule has 2 N–H and O–H groups in total. The van der Waals surface area contributed by atoms with Crippen LogP contribution in [0.5, 0.6) is 0 Å². The summed E-state index contributed by atoms with van der Waals surface area (Å²) < 4.78 is 0. The fraction of sp³-hybridized carbons (Fsp3) is 0.421. The molecule has 1 heterocycles. The number of carbonyl (C=O) groups is 2. The highest BCUT2D eigenvalue weighted by atomic mass is 32.1. The Morgan fingerprint density at radius 3 is 2.50 bits per heavy atom. The number of unbranched alkanes of at least 4 members (excludes halogenated alkanes) is 1. The minimum Gasteiger partial charge on any atom is -0.348 e. The lowest BCUT2D eigenvalue weighted by molar-refractivity contribution is -0.136. The smallest absolute Gasteiger partial charge is 0.313 e. The van der Waals surface area contributed by atoms with E-state index < -0.39 is 11.8 Å². The van der Waals surface area contributed by atoms with E-state index >= 15 is 0 Å². The van der Waals surface area contributed by atoms with E-state index in [9.17, 15) is 9.59 Å². The summed E-state index contributed by atoms with van der Waals surface area (Å²) in [5, 5.41) is 8.11. The summed E-state index contributed by atoms with van der Waals surface area (Å²) in [6.45, 7) is 5.78. The van der Waals surface area contributed by atoms with Crippen LogP contribution < -0.4 is 10.6 Å². The second-order valence-corrected chi connectivity index (χ2v) is 7.30. The van der Waals surface area contributed by atoms with Gasteiger partial charge in [-0.3, -0.25) is 9.59 Å². The second kappa shape index (κ2) is 10.0. The number of hydrogen-bond donors (Lipinski definition) is 2. The first-order chi connectivity index (χ1) is 12.5. The van der Waals surface area contributed by atoms with Crippen LogP contribution in [-0.4, -0.2) is 47.9 Å². The minimum atomic E-state index is -0.647. The largest absolute Gasteiger partial charge is 0.348 e. The molecule has 0 bridgehead atoms. The van der Waals surface area contributed by atoms with Gasteiger partial charge in [0.1, 0.15) is 5.01 Å². The van der Waals surface area contributed by atoms with E-state index in [0.29, 0.717) is 18.3 Å². The van der Waals surface area contributed by atoms with Crippen molar-refractivity contribution >= 4 is 28.8 Å². The Labute approximate surface area is 158 Å². The van der Waals surface area contributed by atoms with Gasteiger partial charge in [-0.1, -0.05) is 0 Å². The number of thiazole rings is 1. The van der Waals surface area contributed by atoms with Gasteiger partial charge in [0.15, 0.2) is 0 Å². The van der Waals surface area contributed by atoms with Gasteiger partial charge in [-0.05, 0) is 64.5 Å². The quantitative estimate of drug-likeness (QED) is 0.550. The van der Waals surface area contributed by atoms with Crippen LogP contribution >= 0.6 is 11.3 Å². The number of amides is 2. The fourth-order valence-electron chi connectivity index (χ4n) is 2.28. The molecule has 0 aliphatic carbocycles. The van der Waals surface area contributed by atoms with Crippen molar-refractivity contribution in [3.8, 4) is 10.6 Å². The summed E-state index contributed by atoms with van der Waals surface area (Å²) in [5.74, 6) is -1.25. The van der Waals surface area contributed by atoms with E-state index in [0.717, 1.165) is 30.0 Å². The Balaban J connectivity index is 1.71. The van der Waals surface area contributed by atoms with Crippen molar-refractivity contribution in [3.63, 3.8) is 0 Å². The highest BCUT2D eigenvalue weighted by Gasteiger charge is 2.13. The minimum absolute atomic E-state index is 0.501. The lowest BCUT2D eigenvalue weighted by atomic mass is 10.2. The molecule has 0 aliphatic heterocycles. The van der Waals surface area contributed by atoms with Crippen LogP contribution in [0.15, 0.2) is 35.8 Å². The molecule has 2 rings (SSSR count). The van der Waals surface area contributed by atoms with Crippen LogP contribution in [0.3, 0.4) is 0 Å². The van der Waals surface area contributed by atoms with Crippen molar-refractivity contribution in [3.05, 3.63) is 35.8 Å². The number of anilines is 1. The molecule has 140 valence electrons. The summed E-state index contributed by atoms with van der Waals surface area (Å²) in [6, 6.07) is 7.79. The zero-order valence-corrected chi connectivity index (χ0v) is 16.3. The predicted molar refractivity (Wildman–Crippen MR) is 106 cm³/mol. The molecule has 0 radical (unpaired) electrons. The molecule has 0 unspecified atom stereocenters. The van der Waals surface area contributed by atoms with Crippen LogP contribution in [-0.2, 0) is 9.59 Å². The van der Waals surface area contributed by atoms with Crippen molar-refractivity contribution < 1.29 is 9.59 Å². The van der Waals surface area contributed by atoms with Gasteiger partial charge in [0, 0.05) is 35.4 Å².